The summed E-state index contributed by atoms with van der Waals surface area (Å²) in [5.41, 5.74) is 1.50. The van der Waals surface area contributed by atoms with Gasteiger partial charge in [0, 0.05) is 18.0 Å². The van der Waals surface area contributed by atoms with Crippen molar-refractivity contribution in [2.45, 2.75) is 12.8 Å². The smallest absolute Gasteiger partial charge is 0.258 e. The summed E-state index contributed by atoms with van der Waals surface area (Å²) in [5, 5.41) is 11.4. The first-order valence-electron chi connectivity index (χ1n) is 6.36. The van der Waals surface area contributed by atoms with Crippen molar-refractivity contribution >= 4 is 12.2 Å². The Morgan fingerprint density at radius 2 is 1.79 bits per heavy atom. The summed E-state index contributed by atoms with van der Waals surface area (Å²) in [7, 11) is 1.81. The second-order valence-electron chi connectivity index (χ2n) is 4.80. The van der Waals surface area contributed by atoms with Crippen molar-refractivity contribution in [3.8, 4) is 16.9 Å². The summed E-state index contributed by atoms with van der Waals surface area (Å²) in [6.07, 6.45) is 6.27. The summed E-state index contributed by atoms with van der Waals surface area (Å²) in [4.78, 5) is 12.4. The van der Waals surface area contributed by atoms with Gasteiger partial charge in [-0.25, -0.2) is 0 Å². The highest BCUT2D eigenvalue weighted by molar-refractivity contribution is 5.64. The zero-order chi connectivity index (χ0) is 13.4. The number of benzene rings is 1. The maximum Gasteiger partial charge on any atom is 0.258 e. The minimum Gasteiger partial charge on any atom is -0.508 e. The fourth-order valence-corrected chi connectivity index (χ4v) is 2.50. The third-order valence-corrected chi connectivity index (χ3v) is 3.54. The van der Waals surface area contributed by atoms with Crippen molar-refractivity contribution in [2.24, 2.45) is 7.05 Å². The van der Waals surface area contributed by atoms with E-state index in [2.05, 4.69) is 12.2 Å². The lowest BCUT2D eigenvalue weighted by molar-refractivity contribution is 0.475. The molecule has 1 aromatic heterocycles. The monoisotopic (exact) mass is 253 g/mol. The number of hydrogen-bond donors (Lipinski definition) is 1. The van der Waals surface area contributed by atoms with Gasteiger partial charge in [0.2, 0.25) is 0 Å². The number of fused-ring (bicyclic) bond motifs is 1. The topological polar surface area (TPSA) is 42.2 Å². The summed E-state index contributed by atoms with van der Waals surface area (Å²) in [6, 6.07) is 8.68. The van der Waals surface area contributed by atoms with E-state index in [1.165, 1.54) is 0 Å². The molecular formula is C16H15NO2. The summed E-state index contributed by atoms with van der Waals surface area (Å²) in [5.74, 6) is 0.207. The van der Waals surface area contributed by atoms with Crippen LogP contribution in [0.15, 0.2) is 35.1 Å². The molecule has 3 heteroatoms. The van der Waals surface area contributed by atoms with Crippen LogP contribution >= 0.6 is 0 Å². The van der Waals surface area contributed by atoms with Crippen molar-refractivity contribution in [1.82, 2.24) is 4.57 Å². The molecule has 0 saturated carbocycles. The second-order valence-corrected chi connectivity index (χ2v) is 4.80. The molecule has 1 aliphatic rings. The van der Waals surface area contributed by atoms with E-state index in [4.69, 9.17) is 0 Å². The lowest BCUT2D eigenvalue weighted by atomic mass is 10.0. The third kappa shape index (κ3) is 1.97. The van der Waals surface area contributed by atoms with Crippen LogP contribution in [0.4, 0.5) is 0 Å². The van der Waals surface area contributed by atoms with Gasteiger partial charge in [-0.05, 0) is 41.8 Å². The number of hydrogen-bond acceptors (Lipinski definition) is 2. The molecule has 1 aromatic carbocycles. The first-order valence-corrected chi connectivity index (χ1v) is 6.36. The predicted molar refractivity (Wildman–Crippen MR) is 76.2 cm³/mol. The average Bonchev–Trinajstić information content (AvgIpc) is 2.44. The molecule has 0 amide bonds. The van der Waals surface area contributed by atoms with Crippen molar-refractivity contribution < 1.29 is 5.11 Å². The van der Waals surface area contributed by atoms with E-state index < -0.39 is 0 Å². The Balaban J connectivity index is 2.32. The van der Waals surface area contributed by atoms with Crippen LogP contribution in [0.25, 0.3) is 23.3 Å². The largest absolute Gasteiger partial charge is 0.508 e. The molecule has 0 radical (unpaired) electrons. The van der Waals surface area contributed by atoms with Crippen molar-refractivity contribution in [2.75, 3.05) is 0 Å². The average molecular weight is 253 g/mol. The maximum absolute atomic E-state index is 12.4. The zero-order valence-electron chi connectivity index (χ0n) is 10.8. The number of aromatic nitrogens is 1. The van der Waals surface area contributed by atoms with Crippen molar-refractivity contribution in [3.05, 3.63) is 51.3 Å². The zero-order valence-corrected chi connectivity index (χ0v) is 10.8. The summed E-state index contributed by atoms with van der Waals surface area (Å²) >= 11 is 0. The van der Waals surface area contributed by atoms with Gasteiger partial charge >= 0.3 is 0 Å². The Morgan fingerprint density at radius 1 is 1.11 bits per heavy atom. The molecule has 0 aliphatic heterocycles. The van der Waals surface area contributed by atoms with Crippen LogP contribution in [-0.2, 0) is 7.05 Å². The number of phenolic OH excluding ortho intramolecular Hbond substituents is 1. The molecule has 0 bridgehead atoms. The van der Waals surface area contributed by atoms with Crippen LogP contribution in [-0.4, -0.2) is 9.67 Å². The summed E-state index contributed by atoms with van der Waals surface area (Å²) in [6.45, 7) is 0. The fraction of sp³-hybridized carbons (Fsp3) is 0.188. The van der Waals surface area contributed by atoms with Gasteiger partial charge < -0.3 is 9.67 Å². The molecule has 96 valence electrons. The van der Waals surface area contributed by atoms with E-state index in [9.17, 15) is 9.90 Å². The Labute approximate surface area is 110 Å². The third-order valence-electron chi connectivity index (χ3n) is 3.54. The Bertz CT molecular complexity index is 798. The first-order chi connectivity index (χ1) is 9.16. The van der Waals surface area contributed by atoms with Gasteiger partial charge in [-0.2, -0.15) is 0 Å². The van der Waals surface area contributed by atoms with Crippen LogP contribution < -0.4 is 16.1 Å². The van der Waals surface area contributed by atoms with Crippen LogP contribution in [0.5, 0.6) is 5.75 Å². The molecule has 0 fully saturated rings. The molecule has 19 heavy (non-hydrogen) atoms. The molecule has 0 spiro atoms. The van der Waals surface area contributed by atoms with Gasteiger partial charge in [0.15, 0.2) is 0 Å². The summed E-state index contributed by atoms with van der Waals surface area (Å²) < 4.78 is 1.70. The standard InChI is InChI=1S/C16H15NO2/c1-17-15-5-3-2-4-12(15)10-14(16(17)19)11-6-8-13(18)9-7-11/h4-10,18H,2-3H2,1H3. The first kappa shape index (κ1) is 11.8. The van der Waals surface area contributed by atoms with E-state index in [1.807, 2.05) is 6.07 Å². The molecule has 0 atom stereocenters. The van der Waals surface area contributed by atoms with E-state index >= 15 is 0 Å². The number of pyridine rings is 1. The minimum atomic E-state index is -0.00371. The molecule has 3 rings (SSSR count). The van der Waals surface area contributed by atoms with Crippen molar-refractivity contribution in [1.29, 1.82) is 0 Å². The fourth-order valence-electron chi connectivity index (χ4n) is 2.50. The lowest BCUT2D eigenvalue weighted by Gasteiger charge is -2.09. The quantitative estimate of drug-likeness (QED) is 0.827. The normalized spacial score (nSPS) is 13.3. The Hall–Kier alpha value is -2.29. The molecule has 0 saturated heterocycles. The van der Waals surface area contributed by atoms with E-state index in [1.54, 1.807) is 35.9 Å². The number of nitrogens with zero attached hydrogens (tertiary/aromatic N) is 1. The molecule has 3 nitrogen and oxygen atoms in total. The highest BCUT2D eigenvalue weighted by atomic mass is 16.3. The van der Waals surface area contributed by atoms with Gasteiger partial charge in [0.05, 0.1) is 0 Å². The van der Waals surface area contributed by atoms with Gasteiger partial charge in [0.25, 0.3) is 5.56 Å². The van der Waals surface area contributed by atoms with Gasteiger partial charge in [-0.3, -0.25) is 4.79 Å². The minimum absolute atomic E-state index is 0.00371. The maximum atomic E-state index is 12.4. The SMILES string of the molecule is Cn1c(=O)c(-c2ccc(O)cc2)cc2c1=CCCC=2. The number of aromatic hydroxyl groups is 1. The Kier molecular flexibility index (Phi) is 2.75. The molecular weight excluding hydrogens is 238 g/mol. The van der Waals surface area contributed by atoms with Gasteiger partial charge in [-0.1, -0.05) is 24.3 Å². The van der Waals surface area contributed by atoms with E-state index in [0.29, 0.717) is 5.56 Å². The molecule has 1 aliphatic carbocycles. The highest BCUT2D eigenvalue weighted by Gasteiger charge is 2.08. The number of phenols is 1. The van der Waals surface area contributed by atoms with Crippen LogP contribution in [0, 0.1) is 0 Å². The Morgan fingerprint density at radius 3 is 2.53 bits per heavy atom. The molecule has 1 N–H and O–H groups in total. The highest BCUT2D eigenvalue weighted by Crippen LogP contribution is 2.17. The van der Waals surface area contributed by atoms with Crippen LogP contribution in [0.1, 0.15) is 12.8 Å². The van der Waals surface area contributed by atoms with Gasteiger partial charge in [0.1, 0.15) is 5.75 Å². The molecule has 1 heterocycles. The molecule has 2 aromatic rings. The predicted octanol–water partition coefficient (Wildman–Crippen LogP) is 1.11. The van der Waals surface area contributed by atoms with Crippen LogP contribution in [0.2, 0.25) is 0 Å². The van der Waals surface area contributed by atoms with Crippen LogP contribution in [0.3, 0.4) is 0 Å². The van der Waals surface area contributed by atoms with E-state index in [-0.39, 0.29) is 11.3 Å². The van der Waals surface area contributed by atoms with Gasteiger partial charge in [-0.15, -0.1) is 0 Å². The molecule has 0 unspecified atom stereocenters. The lowest BCUT2D eigenvalue weighted by Crippen LogP contribution is -2.43. The van der Waals surface area contributed by atoms with E-state index in [0.717, 1.165) is 29.0 Å². The second kappa shape index (κ2) is 4.43. The number of rotatable bonds is 1. The van der Waals surface area contributed by atoms with Crippen molar-refractivity contribution in [3.63, 3.8) is 0 Å².